The van der Waals surface area contributed by atoms with Crippen molar-refractivity contribution >= 4 is 40.8 Å². The molecule has 1 atom stereocenters. The molecule has 2 aromatic carbocycles. The molecule has 0 fully saturated rings. The maximum Gasteiger partial charge on any atom is 0.354 e. The van der Waals surface area contributed by atoms with Crippen molar-refractivity contribution < 1.29 is 9.90 Å². The molecule has 0 aliphatic heterocycles. The minimum Gasteiger partial charge on any atom is -0.477 e. The van der Waals surface area contributed by atoms with Crippen LogP contribution < -0.4 is 0 Å². The van der Waals surface area contributed by atoms with Crippen LogP contribution in [0.3, 0.4) is 0 Å². The first-order chi connectivity index (χ1) is 12.3. The van der Waals surface area contributed by atoms with Gasteiger partial charge in [-0.15, -0.1) is 0 Å². The third kappa shape index (κ3) is 3.45. The Morgan fingerprint density at radius 2 is 1.77 bits per heavy atom. The summed E-state index contributed by atoms with van der Waals surface area (Å²) >= 11 is 18.2. The Hall–Kier alpha value is -2.01. The smallest absolute Gasteiger partial charge is 0.354 e. The molecule has 0 aliphatic carbocycles. The Bertz CT molecular complexity index is 998. The lowest BCUT2D eigenvalue weighted by atomic mass is 9.89. The molecule has 7 heteroatoms. The standard InChI is InChI=1S/C19H15Cl3N2O2/c1-9-7-12(4-5-13(9)20)17-16(18(19(25)26)24-23-17)10(2)11-3-6-14(21)15(22)8-11/h3-8,10H,1-2H3,(H,23,24)(H,25,26). The largest absolute Gasteiger partial charge is 0.477 e. The van der Waals surface area contributed by atoms with Crippen molar-refractivity contribution in [1.82, 2.24) is 10.2 Å². The van der Waals surface area contributed by atoms with Gasteiger partial charge in [0.15, 0.2) is 0 Å². The second-order valence-corrected chi connectivity index (χ2v) is 7.25. The minimum atomic E-state index is -1.07. The van der Waals surface area contributed by atoms with E-state index in [4.69, 9.17) is 34.8 Å². The molecule has 0 bridgehead atoms. The first kappa shape index (κ1) is 18.8. The third-order valence-corrected chi connectivity index (χ3v) is 5.49. The van der Waals surface area contributed by atoms with Crippen molar-refractivity contribution in [1.29, 1.82) is 0 Å². The highest BCUT2D eigenvalue weighted by molar-refractivity contribution is 6.42. The second-order valence-electron chi connectivity index (χ2n) is 6.03. The van der Waals surface area contributed by atoms with Crippen molar-refractivity contribution in [2.45, 2.75) is 19.8 Å². The van der Waals surface area contributed by atoms with Gasteiger partial charge >= 0.3 is 5.97 Å². The number of aryl methyl sites for hydroxylation is 1. The van der Waals surface area contributed by atoms with E-state index in [1.807, 2.05) is 32.0 Å². The summed E-state index contributed by atoms with van der Waals surface area (Å²) in [6.45, 7) is 3.79. The minimum absolute atomic E-state index is 0.0474. The molecular formula is C19H15Cl3N2O2. The van der Waals surface area contributed by atoms with Crippen LogP contribution >= 0.6 is 34.8 Å². The molecule has 0 radical (unpaired) electrons. The normalized spacial score (nSPS) is 12.2. The molecule has 1 unspecified atom stereocenters. The zero-order chi connectivity index (χ0) is 19.0. The Morgan fingerprint density at radius 3 is 2.38 bits per heavy atom. The van der Waals surface area contributed by atoms with E-state index in [9.17, 15) is 9.90 Å². The number of aromatic amines is 1. The van der Waals surface area contributed by atoms with E-state index < -0.39 is 5.97 Å². The lowest BCUT2D eigenvalue weighted by Crippen LogP contribution is -2.06. The monoisotopic (exact) mass is 408 g/mol. The molecule has 0 saturated carbocycles. The lowest BCUT2D eigenvalue weighted by Gasteiger charge is -2.15. The number of hydrogen-bond acceptors (Lipinski definition) is 2. The number of carboxylic acid groups (broad SMARTS) is 1. The number of carboxylic acids is 1. The fourth-order valence-corrected chi connectivity index (χ4v) is 3.32. The fourth-order valence-electron chi connectivity index (χ4n) is 2.90. The fraction of sp³-hybridized carbons (Fsp3) is 0.158. The van der Waals surface area contributed by atoms with Gasteiger partial charge in [0.25, 0.3) is 0 Å². The highest BCUT2D eigenvalue weighted by Crippen LogP contribution is 2.37. The van der Waals surface area contributed by atoms with Crippen LogP contribution in [0.2, 0.25) is 15.1 Å². The van der Waals surface area contributed by atoms with Crippen molar-refractivity contribution in [3.63, 3.8) is 0 Å². The van der Waals surface area contributed by atoms with Crippen LogP contribution in [-0.2, 0) is 0 Å². The summed E-state index contributed by atoms with van der Waals surface area (Å²) in [5.74, 6) is -1.34. The molecule has 0 saturated heterocycles. The van der Waals surface area contributed by atoms with E-state index >= 15 is 0 Å². The van der Waals surface area contributed by atoms with E-state index in [1.165, 1.54) is 0 Å². The van der Waals surface area contributed by atoms with E-state index in [2.05, 4.69) is 10.2 Å². The average Bonchev–Trinajstić information content (AvgIpc) is 3.04. The van der Waals surface area contributed by atoms with Gasteiger partial charge in [-0.2, -0.15) is 5.10 Å². The van der Waals surface area contributed by atoms with Crippen LogP contribution in [0.4, 0.5) is 0 Å². The second kappa shape index (κ2) is 7.31. The maximum atomic E-state index is 11.7. The van der Waals surface area contributed by atoms with Gasteiger partial charge in [0, 0.05) is 22.1 Å². The van der Waals surface area contributed by atoms with Gasteiger partial charge in [-0.25, -0.2) is 4.79 Å². The Morgan fingerprint density at radius 1 is 1.08 bits per heavy atom. The molecular weight excluding hydrogens is 395 g/mol. The zero-order valence-corrected chi connectivity index (χ0v) is 16.2. The summed E-state index contributed by atoms with van der Waals surface area (Å²) in [6, 6.07) is 10.7. The molecule has 3 aromatic rings. The molecule has 3 rings (SSSR count). The molecule has 2 N–H and O–H groups in total. The number of hydrogen-bond donors (Lipinski definition) is 2. The number of benzene rings is 2. The molecule has 0 spiro atoms. The molecule has 134 valence electrons. The van der Waals surface area contributed by atoms with Gasteiger partial charge in [-0.1, -0.05) is 53.9 Å². The molecule has 1 aromatic heterocycles. The van der Waals surface area contributed by atoms with Crippen LogP contribution in [0.15, 0.2) is 36.4 Å². The first-order valence-corrected chi connectivity index (χ1v) is 8.96. The predicted octanol–water partition coefficient (Wildman–Crippen LogP) is 6.20. The zero-order valence-electron chi connectivity index (χ0n) is 14.0. The number of rotatable bonds is 4. The van der Waals surface area contributed by atoms with Gasteiger partial charge in [-0.05, 0) is 42.3 Å². The summed E-state index contributed by atoms with van der Waals surface area (Å²) in [4.78, 5) is 11.7. The Balaban J connectivity index is 2.17. The van der Waals surface area contributed by atoms with Gasteiger partial charge in [-0.3, -0.25) is 5.10 Å². The number of aromatic nitrogens is 2. The van der Waals surface area contributed by atoms with Crippen LogP contribution in [0.5, 0.6) is 0 Å². The molecule has 0 aliphatic rings. The number of H-pyrrole nitrogens is 1. The number of nitrogens with zero attached hydrogens (tertiary/aromatic N) is 1. The predicted molar refractivity (Wildman–Crippen MR) is 105 cm³/mol. The topological polar surface area (TPSA) is 66.0 Å². The van der Waals surface area contributed by atoms with Gasteiger partial charge in [0.2, 0.25) is 0 Å². The summed E-state index contributed by atoms with van der Waals surface area (Å²) in [6.07, 6.45) is 0. The van der Waals surface area contributed by atoms with Crippen molar-refractivity contribution in [3.05, 3.63) is 73.9 Å². The summed E-state index contributed by atoms with van der Waals surface area (Å²) in [5.41, 5.74) is 3.72. The SMILES string of the molecule is Cc1cc(-c2n[nH]c(C(=O)O)c2C(C)c2ccc(Cl)c(Cl)c2)ccc1Cl. The van der Waals surface area contributed by atoms with E-state index in [0.717, 1.165) is 16.7 Å². The highest BCUT2D eigenvalue weighted by Gasteiger charge is 2.25. The maximum absolute atomic E-state index is 11.7. The summed E-state index contributed by atoms with van der Waals surface area (Å²) < 4.78 is 0. The quantitative estimate of drug-likeness (QED) is 0.539. The first-order valence-electron chi connectivity index (χ1n) is 7.82. The third-order valence-electron chi connectivity index (χ3n) is 4.33. The molecule has 26 heavy (non-hydrogen) atoms. The van der Waals surface area contributed by atoms with Crippen LogP contribution in [0.1, 0.15) is 40.0 Å². The van der Waals surface area contributed by atoms with Gasteiger partial charge in [0.05, 0.1) is 15.7 Å². The average molecular weight is 410 g/mol. The number of aromatic carboxylic acids is 1. The van der Waals surface area contributed by atoms with E-state index in [-0.39, 0.29) is 11.6 Å². The lowest BCUT2D eigenvalue weighted by molar-refractivity contribution is 0.0689. The summed E-state index contributed by atoms with van der Waals surface area (Å²) in [7, 11) is 0. The van der Waals surface area contributed by atoms with Crippen molar-refractivity contribution in [2.24, 2.45) is 0 Å². The number of carbonyl (C=O) groups is 1. The van der Waals surface area contributed by atoms with Crippen LogP contribution in [-0.4, -0.2) is 21.3 Å². The Labute approximate surface area is 165 Å². The van der Waals surface area contributed by atoms with Crippen molar-refractivity contribution in [3.8, 4) is 11.3 Å². The van der Waals surface area contributed by atoms with Gasteiger partial charge in [0.1, 0.15) is 5.69 Å². The number of halogens is 3. The molecule has 4 nitrogen and oxygen atoms in total. The van der Waals surface area contributed by atoms with Crippen LogP contribution in [0.25, 0.3) is 11.3 Å². The Kier molecular flexibility index (Phi) is 5.28. The van der Waals surface area contributed by atoms with Crippen molar-refractivity contribution in [2.75, 3.05) is 0 Å². The van der Waals surface area contributed by atoms with Crippen LogP contribution in [0, 0.1) is 6.92 Å². The summed E-state index contributed by atoms with van der Waals surface area (Å²) in [5, 5.41) is 18.0. The molecule has 1 heterocycles. The number of nitrogens with one attached hydrogen (secondary N) is 1. The molecule has 0 amide bonds. The van der Waals surface area contributed by atoms with E-state index in [0.29, 0.717) is 26.3 Å². The highest BCUT2D eigenvalue weighted by atomic mass is 35.5. The van der Waals surface area contributed by atoms with Gasteiger partial charge < -0.3 is 5.11 Å². The van der Waals surface area contributed by atoms with E-state index in [1.54, 1.807) is 18.2 Å².